The lowest BCUT2D eigenvalue weighted by Crippen LogP contribution is -2.39. The first-order valence-electron chi connectivity index (χ1n) is 7.39. The minimum Gasteiger partial charge on any atom is -0.494 e. The summed E-state index contributed by atoms with van der Waals surface area (Å²) in [5, 5.41) is 0. The molecule has 1 aliphatic carbocycles. The van der Waals surface area contributed by atoms with Crippen molar-refractivity contribution in [2.45, 2.75) is 44.2 Å². The third-order valence-electron chi connectivity index (χ3n) is 4.03. The van der Waals surface area contributed by atoms with Crippen LogP contribution in [0, 0.1) is 0 Å². The number of nitrogens with two attached hydrogens (primary N) is 1. The van der Waals surface area contributed by atoms with Gasteiger partial charge >= 0.3 is 0 Å². The summed E-state index contributed by atoms with van der Waals surface area (Å²) in [4.78, 5) is 2.47. The molecule has 0 aliphatic heterocycles. The molecule has 0 heterocycles. The molecular weight excluding hydrogens is 236 g/mol. The minimum absolute atomic E-state index is 0.436. The van der Waals surface area contributed by atoms with E-state index in [1.54, 1.807) is 0 Å². The smallest absolute Gasteiger partial charge is 0.119 e. The van der Waals surface area contributed by atoms with Crippen molar-refractivity contribution in [2.24, 2.45) is 5.73 Å². The van der Waals surface area contributed by atoms with E-state index >= 15 is 0 Å². The highest BCUT2D eigenvalue weighted by Crippen LogP contribution is 2.21. The number of rotatable bonds is 6. The fraction of sp³-hybridized carbons (Fsp3) is 0.625. The predicted octanol–water partition coefficient (Wildman–Crippen LogP) is 2.66. The van der Waals surface area contributed by atoms with Crippen molar-refractivity contribution in [1.82, 2.24) is 4.90 Å². The molecule has 0 amide bonds. The van der Waals surface area contributed by atoms with Crippen LogP contribution in [0.3, 0.4) is 0 Å². The van der Waals surface area contributed by atoms with E-state index in [4.69, 9.17) is 10.5 Å². The van der Waals surface area contributed by atoms with Gasteiger partial charge in [-0.1, -0.05) is 18.2 Å². The molecule has 0 bridgehead atoms. The molecule has 0 atom stereocenters. The standard InChI is InChI=1S/C16H26N2O/c1-18(15-10-8-14(17)9-11-15)12-5-13-19-16-6-3-2-4-7-16/h2-4,6-7,14-15H,5,8-13,17H2,1H3. The summed E-state index contributed by atoms with van der Waals surface area (Å²) in [7, 11) is 2.23. The van der Waals surface area contributed by atoms with Crippen LogP contribution in [0.15, 0.2) is 30.3 Å². The van der Waals surface area contributed by atoms with Gasteiger partial charge in [-0.2, -0.15) is 0 Å². The number of ether oxygens (including phenoxy) is 1. The van der Waals surface area contributed by atoms with Gasteiger partial charge in [0, 0.05) is 18.6 Å². The van der Waals surface area contributed by atoms with Crippen molar-refractivity contribution >= 4 is 0 Å². The van der Waals surface area contributed by atoms with Crippen LogP contribution in [0.1, 0.15) is 32.1 Å². The Morgan fingerprint density at radius 3 is 2.53 bits per heavy atom. The Morgan fingerprint density at radius 1 is 1.16 bits per heavy atom. The molecule has 1 fully saturated rings. The van der Waals surface area contributed by atoms with Crippen molar-refractivity contribution in [1.29, 1.82) is 0 Å². The maximum atomic E-state index is 5.94. The van der Waals surface area contributed by atoms with Crippen molar-refractivity contribution in [3.63, 3.8) is 0 Å². The van der Waals surface area contributed by atoms with E-state index in [2.05, 4.69) is 11.9 Å². The zero-order valence-electron chi connectivity index (χ0n) is 11.9. The van der Waals surface area contributed by atoms with Crippen LogP contribution in [-0.4, -0.2) is 37.2 Å². The minimum atomic E-state index is 0.436. The lowest BCUT2D eigenvalue weighted by molar-refractivity contribution is 0.170. The fourth-order valence-corrected chi connectivity index (χ4v) is 2.75. The molecule has 19 heavy (non-hydrogen) atoms. The Kier molecular flexibility index (Phi) is 5.67. The van der Waals surface area contributed by atoms with Gasteiger partial charge in [0.15, 0.2) is 0 Å². The third-order valence-corrected chi connectivity index (χ3v) is 4.03. The predicted molar refractivity (Wildman–Crippen MR) is 79.4 cm³/mol. The summed E-state index contributed by atoms with van der Waals surface area (Å²) in [6.07, 6.45) is 5.92. The Morgan fingerprint density at radius 2 is 1.84 bits per heavy atom. The normalized spacial score (nSPS) is 23.5. The summed E-state index contributed by atoms with van der Waals surface area (Å²) in [5.74, 6) is 0.966. The second-order valence-electron chi connectivity index (χ2n) is 5.56. The maximum absolute atomic E-state index is 5.94. The molecule has 0 radical (unpaired) electrons. The molecule has 1 saturated carbocycles. The molecule has 0 unspecified atom stereocenters. The van der Waals surface area contributed by atoms with Crippen LogP contribution in [0.5, 0.6) is 5.75 Å². The highest BCUT2D eigenvalue weighted by atomic mass is 16.5. The molecule has 0 saturated heterocycles. The summed E-state index contributed by atoms with van der Waals surface area (Å²) in [5.41, 5.74) is 5.94. The second kappa shape index (κ2) is 7.51. The highest BCUT2D eigenvalue weighted by molar-refractivity contribution is 5.20. The van der Waals surface area contributed by atoms with E-state index in [-0.39, 0.29) is 0 Å². The Balaban J connectivity index is 1.60. The molecule has 1 aliphatic rings. The summed E-state index contributed by atoms with van der Waals surface area (Å²) >= 11 is 0. The first kappa shape index (κ1) is 14.4. The molecule has 0 aromatic heterocycles. The van der Waals surface area contributed by atoms with Gasteiger partial charge in [0.05, 0.1) is 6.61 Å². The summed E-state index contributed by atoms with van der Waals surface area (Å²) < 4.78 is 5.71. The van der Waals surface area contributed by atoms with Gasteiger partial charge in [-0.25, -0.2) is 0 Å². The average molecular weight is 262 g/mol. The monoisotopic (exact) mass is 262 g/mol. The largest absolute Gasteiger partial charge is 0.494 e. The van der Waals surface area contributed by atoms with Crippen molar-refractivity contribution in [3.8, 4) is 5.75 Å². The van der Waals surface area contributed by atoms with Crippen LogP contribution < -0.4 is 10.5 Å². The number of nitrogens with zero attached hydrogens (tertiary/aromatic N) is 1. The number of benzene rings is 1. The summed E-state index contributed by atoms with van der Waals surface area (Å²) in [6, 6.07) is 11.2. The average Bonchev–Trinajstić information content (AvgIpc) is 2.45. The van der Waals surface area contributed by atoms with Crippen LogP contribution in [0.25, 0.3) is 0 Å². The van der Waals surface area contributed by atoms with E-state index in [0.29, 0.717) is 6.04 Å². The van der Waals surface area contributed by atoms with E-state index in [9.17, 15) is 0 Å². The lowest BCUT2D eigenvalue weighted by Gasteiger charge is -2.33. The fourth-order valence-electron chi connectivity index (χ4n) is 2.75. The molecule has 0 spiro atoms. The number of para-hydroxylation sites is 1. The van der Waals surface area contributed by atoms with Crippen LogP contribution in [0.4, 0.5) is 0 Å². The molecule has 1 aromatic carbocycles. The van der Waals surface area contributed by atoms with E-state index in [1.165, 1.54) is 25.7 Å². The first-order valence-corrected chi connectivity index (χ1v) is 7.39. The highest BCUT2D eigenvalue weighted by Gasteiger charge is 2.21. The van der Waals surface area contributed by atoms with Crippen LogP contribution >= 0.6 is 0 Å². The Bertz CT molecular complexity index is 347. The third kappa shape index (κ3) is 4.84. The molecule has 1 aromatic rings. The lowest BCUT2D eigenvalue weighted by atomic mass is 9.91. The topological polar surface area (TPSA) is 38.5 Å². The quantitative estimate of drug-likeness (QED) is 0.801. The van der Waals surface area contributed by atoms with Crippen LogP contribution in [0.2, 0.25) is 0 Å². The van der Waals surface area contributed by atoms with E-state index < -0.39 is 0 Å². The second-order valence-corrected chi connectivity index (χ2v) is 5.56. The van der Waals surface area contributed by atoms with Crippen molar-refractivity contribution in [3.05, 3.63) is 30.3 Å². The number of hydrogen-bond donors (Lipinski definition) is 1. The molecule has 2 N–H and O–H groups in total. The first-order chi connectivity index (χ1) is 9.25. The van der Waals surface area contributed by atoms with Crippen molar-refractivity contribution < 1.29 is 4.74 Å². The Hall–Kier alpha value is -1.06. The van der Waals surface area contributed by atoms with Gasteiger partial charge in [-0.05, 0) is 51.3 Å². The molecule has 2 rings (SSSR count). The van der Waals surface area contributed by atoms with Crippen LogP contribution in [-0.2, 0) is 0 Å². The Labute approximate surface area is 116 Å². The molecule has 3 nitrogen and oxygen atoms in total. The molecule has 3 heteroatoms. The zero-order chi connectivity index (χ0) is 13.5. The van der Waals surface area contributed by atoms with Gasteiger partial charge in [0.25, 0.3) is 0 Å². The van der Waals surface area contributed by atoms with E-state index in [0.717, 1.165) is 31.4 Å². The van der Waals surface area contributed by atoms with E-state index in [1.807, 2.05) is 30.3 Å². The van der Waals surface area contributed by atoms with Gasteiger partial charge < -0.3 is 15.4 Å². The SMILES string of the molecule is CN(CCCOc1ccccc1)C1CCC(N)CC1. The number of hydrogen-bond acceptors (Lipinski definition) is 3. The van der Waals surface area contributed by atoms with Gasteiger partial charge in [0.1, 0.15) is 5.75 Å². The van der Waals surface area contributed by atoms with Gasteiger partial charge in [0.2, 0.25) is 0 Å². The zero-order valence-corrected chi connectivity index (χ0v) is 11.9. The van der Waals surface area contributed by atoms with Crippen molar-refractivity contribution in [2.75, 3.05) is 20.2 Å². The van der Waals surface area contributed by atoms with Gasteiger partial charge in [-0.15, -0.1) is 0 Å². The molecular formula is C16H26N2O. The summed E-state index contributed by atoms with van der Waals surface area (Å²) in [6.45, 7) is 1.90. The van der Waals surface area contributed by atoms with Gasteiger partial charge in [-0.3, -0.25) is 0 Å². The molecule has 106 valence electrons. The maximum Gasteiger partial charge on any atom is 0.119 e.